The third-order valence-corrected chi connectivity index (χ3v) is 6.72. The van der Waals surface area contributed by atoms with E-state index in [1.807, 2.05) is 37.3 Å². The molecule has 1 saturated carbocycles. The van der Waals surface area contributed by atoms with E-state index in [2.05, 4.69) is 13.8 Å². The molecule has 5 atom stereocenters. The van der Waals surface area contributed by atoms with E-state index in [1.54, 1.807) is 6.07 Å². The van der Waals surface area contributed by atoms with Crippen LogP contribution in [0.25, 0.3) is 11.3 Å². The van der Waals surface area contributed by atoms with Crippen molar-refractivity contribution >= 4 is 5.97 Å². The van der Waals surface area contributed by atoms with Crippen molar-refractivity contribution in [3.8, 4) is 17.1 Å². The van der Waals surface area contributed by atoms with Gasteiger partial charge in [-0.2, -0.15) is 0 Å². The number of benzene rings is 1. The van der Waals surface area contributed by atoms with Crippen LogP contribution in [0.3, 0.4) is 0 Å². The SMILES string of the molecule is CC(=O)O[C@H]1C[C@@H](C(C)C)C[C@H]2[C@H](O)c3c(cc(-c4ccccc4)oc3=O)O[C@]12C. The molecule has 0 bridgehead atoms. The Bertz CT molecular complexity index is 995. The van der Waals surface area contributed by atoms with Gasteiger partial charge in [0, 0.05) is 24.5 Å². The van der Waals surface area contributed by atoms with Crippen molar-refractivity contribution in [2.45, 2.75) is 58.3 Å². The van der Waals surface area contributed by atoms with Gasteiger partial charge in [-0.05, 0) is 31.6 Å². The molecule has 1 aliphatic heterocycles. The van der Waals surface area contributed by atoms with Gasteiger partial charge in [-0.25, -0.2) is 4.79 Å². The molecule has 0 radical (unpaired) electrons. The standard InChI is InChI=1S/C24H28O6/c1-13(2)16-10-17-22(26)21-19(30-24(17,4)20(11-16)28-14(3)25)12-18(29-23(21)27)15-8-6-5-7-9-15/h5-9,12-13,16-17,20,22,26H,10-11H2,1-4H3/t16-,17-,20-,22-,24-/m0/s1. The Morgan fingerprint density at radius 3 is 2.57 bits per heavy atom. The third-order valence-electron chi connectivity index (χ3n) is 6.72. The number of carbonyl (C=O) groups excluding carboxylic acids is 1. The minimum absolute atomic E-state index is 0.142. The summed E-state index contributed by atoms with van der Waals surface area (Å²) in [5.41, 5.74) is -0.659. The summed E-state index contributed by atoms with van der Waals surface area (Å²) >= 11 is 0. The van der Waals surface area contributed by atoms with Crippen LogP contribution in [0.4, 0.5) is 0 Å². The van der Waals surface area contributed by atoms with E-state index >= 15 is 0 Å². The number of rotatable bonds is 3. The number of fused-ring (bicyclic) bond motifs is 2. The molecule has 0 amide bonds. The number of aliphatic hydroxyl groups excluding tert-OH is 1. The zero-order valence-electron chi connectivity index (χ0n) is 17.8. The van der Waals surface area contributed by atoms with Crippen LogP contribution >= 0.6 is 0 Å². The quantitative estimate of drug-likeness (QED) is 0.764. The Balaban J connectivity index is 1.81. The molecule has 0 unspecified atom stereocenters. The minimum atomic E-state index is -1.06. The number of aliphatic hydroxyl groups is 1. The van der Waals surface area contributed by atoms with Gasteiger partial charge >= 0.3 is 11.6 Å². The summed E-state index contributed by atoms with van der Waals surface area (Å²) in [7, 11) is 0. The lowest BCUT2D eigenvalue weighted by Gasteiger charge is -2.53. The summed E-state index contributed by atoms with van der Waals surface area (Å²) in [5.74, 6) is 0.470. The molecule has 1 aromatic carbocycles. The molecule has 6 nitrogen and oxygen atoms in total. The van der Waals surface area contributed by atoms with Gasteiger partial charge < -0.3 is 19.0 Å². The molecule has 2 aromatic rings. The smallest absolute Gasteiger partial charge is 0.345 e. The zero-order chi connectivity index (χ0) is 21.6. The second-order valence-corrected chi connectivity index (χ2v) is 8.95. The van der Waals surface area contributed by atoms with Gasteiger partial charge in [-0.3, -0.25) is 4.79 Å². The molecule has 2 heterocycles. The maximum Gasteiger partial charge on any atom is 0.345 e. The first kappa shape index (κ1) is 20.7. The summed E-state index contributed by atoms with van der Waals surface area (Å²) in [6, 6.07) is 10.9. The Morgan fingerprint density at radius 1 is 1.23 bits per heavy atom. The second kappa shape index (κ2) is 7.58. The first-order valence-electron chi connectivity index (χ1n) is 10.5. The fraction of sp³-hybridized carbons (Fsp3) is 0.500. The Kier molecular flexibility index (Phi) is 5.22. The Morgan fingerprint density at radius 2 is 1.93 bits per heavy atom. The third kappa shape index (κ3) is 3.43. The van der Waals surface area contributed by atoms with E-state index in [9.17, 15) is 14.7 Å². The van der Waals surface area contributed by atoms with Crippen LogP contribution in [0.15, 0.2) is 45.6 Å². The summed E-state index contributed by atoms with van der Waals surface area (Å²) in [5, 5.41) is 11.2. The molecule has 0 spiro atoms. The molecule has 2 aliphatic rings. The summed E-state index contributed by atoms with van der Waals surface area (Å²) < 4.78 is 17.6. The maximum atomic E-state index is 12.8. The number of carbonyl (C=O) groups is 1. The molecule has 1 aromatic heterocycles. The van der Waals surface area contributed by atoms with E-state index in [4.69, 9.17) is 13.9 Å². The van der Waals surface area contributed by atoms with Gasteiger partial charge in [-0.1, -0.05) is 44.2 Å². The van der Waals surface area contributed by atoms with E-state index in [-0.39, 0.29) is 29.1 Å². The average Bonchev–Trinajstić information content (AvgIpc) is 2.68. The minimum Gasteiger partial charge on any atom is -0.482 e. The fourth-order valence-electron chi connectivity index (χ4n) is 4.91. The molecular weight excluding hydrogens is 384 g/mol. The van der Waals surface area contributed by atoms with Crippen molar-refractivity contribution in [2.75, 3.05) is 0 Å². The van der Waals surface area contributed by atoms with Crippen molar-refractivity contribution in [2.24, 2.45) is 17.8 Å². The number of hydrogen-bond acceptors (Lipinski definition) is 6. The van der Waals surface area contributed by atoms with Gasteiger partial charge in [0.05, 0.1) is 6.10 Å². The van der Waals surface area contributed by atoms with E-state index in [1.165, 1.54) is 6.92 Å². The van der Waals surface area contributed by atoms with Crippen molar-refractivity contribution in [1.82, 2.24) is 0 Å². The largest absolute Gasteiger partial charge is 0.482 e. The molecule has 1 aliphatic carbocycles. The molecule has 4 rings (SSSR count). The number of ether oxygens (including phenoxy) is 2. The molecule has 30 heavy (non-hydrogen) atoms. The van der Waals surface area contributed by atoms with Crippen molar-refractivity contribution in [3.63, 3.8) is 0 Å². The van der Waals surface area contributed by atoms with Crippen LogP contribution in [0.2, 0.25) is 0 Å². The highest BCUT2D eigenvalue weighted by atomic mass is 16.6. The first-order chi connectivity index (χ1) is 14.2. The van der Waals surface area contributed by atoms with Crippen LogP contribution in [0, 0.1) is 17.8 Å². The Hall–Kier alpha value is -2.60. The average molecular weight is 412 g/mol. The van der Waals surface area contributed by atoms with Gasteiger partial charge in [0.2, 0.25) is 0 Å². The van der Waals surface area contributed by atoms with Crippen LogP contribution in [-0.4, -0.2) is 22.8 Å². The van der Waals surface area contributed by atoms with Gasteiger partial charge in [0.25, 0.3) is 0 Å². The summed E-state index contributed by atoms with van der Waals surface area (Å²) in [6.07, 6.45) is -0.248. The summed E-state index contributed by atoms with van der Waals surface area (Å²) in [4.78, 5) is 24.7. The molecular formula is C24H28O6. The molecule has 1 fully saturated rings. The van der Waals surface area contributed by atoms with Crippen LogP contribution in [-0.2, 0) is 9.53 Å². The van der Waals surface area contributed by atoms with Crippen molar-refractivity contribution in [1.29, 1.82) is 0 Å². The van der Waals surface area contributed by atoms with Crippen LogP contribution < -0.4 is 10.4 Å². The Labute approximate surface area is 175 Å². The second-order valence-electron chi connectivity index (χ2n) is 8.95. The highest BCUT2D eigenvalue weighted by Gasteiger charge is 2.57. The number of esters is 1. The van der Waals surface area contributed by atoms with Crippen molar-refractivity contribution in [3.05, 3.63) is 52.4 Å². The molecule has 6 heteroatoms. The highest BCUT2D eigenvalue weighted by molar-refractivity contribution is 5.66. The number of hydrogen-bond donors (Lipinski definition) is 1. The van der Waals surface area contributed by atoms with E-state index < -0.39 is 23.4 Å². The lowest BCUT2D eigenvalue weighted by molar-refractivity contribution is -0.194. The zero-order valence-corrected chi connectivity index (χ0v) is 17.8. The normalized spacial score (nSPS) is 30.2. The van der Waals surface area contributed by atoms with E-state index in [0.29, 0.717) is 24.5 Å². The van der Waals surface area contributed by atoms with Gasteiger partial charge in [-0.15, -0.1) is 0 Å². The predicted molar refractivity (Wildman–Crippen MR) is 111 cm³/mol. The van der Waals surface area contributed by atoms with Gasteiger partial charge in [0.15, 0.2) is 0 Å². The lowest BCUT2D eigenvalue weighted by atomic mass is 9.63. The fourth-order valence-corrected chi connectivity index (χ4v) is 4.91. The van der Waals surface area contributed by atoms with Crippen LogP contribution in [0.1, 0.15) is 52.2 Å². The topological polar surface area (TPSA) is 86.0 Å². The van der Waals surface area contributed by atoms with Crippen LogP contribution in [0.5, 0.6) is 5.75 Å². The summed E-state index contributed by atoms with van der Waals surface area (Å²) in [6.45, 7) is 7.48. The molecule has 1 N–H and O–H groups in total. The monoisotopic (exact) mass is 412 g/mol. The lowest BCUT2D eigenvalue weighted by Crippen LogP contribution is -2.61. The molecule has 0 saturated heterocycles. The highest BCUT2D eigenvalue weighted by Crippen LogP contribution is 2.53. The maximum absolute atomic E-state index is 12.8. The van der Waals surface area contributed by atoms with Crippen molar-refractivity contribution < 1.29 is 23.8 Å². The van der Waals surface area contributed by atoms with Gasteiger partial charge in [0.1, 0.15) is 28.8 Å². The molecule has 160 valence electrons. The predicted octanol–water partition coefficient (Wildman–Crippen LogP) is 4.11. The first-order valence-corrected chi connectivity index (χ1v) is 10.5. The van der Waals surface area contributed by atoms with E-state index in [0.717, 1.165) is 5.56 Å².